The van der Waals surface area contributed by atoms with Crippen LogP contribution in [0.5, 0.6) is 0 Å². The molecule has 2 saturated heterocycles. The molecule has 4 nitrogen and oxygen atoms in total. The third-order valence-corrected chi connectivity index (χ3v) is 4.19. The number of carbonyl (C=O) groups is 1. The van der Waals surface area contributed by atoms with Gasteiger partial charge in [-0.2, -0.15) is 0 Å². The Morgan fingerprint density at radius 1 is 1.28 bits per heavy atom. The molecule has 2 fully saturated rings. The van der Waals surface area contributed by atoms with Gasteiger partial charge in [0.05, 0.1) is 6.10 Å². The van der Waals surface area contributed by atoms with E-state index in [0.29, 0.717) is 6.04 Å². The molecule has 2 aliphatic rings. The molecule has 0 aromatic rings. The molecule has 0 aromatic carbocycles. The first kappa shape index (κ1) is 13.8. The van der Waals surface area contributed by atoms with Crippen molar-refractivity contribution in [3.8, 4) is 0 Å². The van der Waals surface area contributed by atoms with Gasteiger partial charge >= 0.3 is 0 Å². The van der Waals surface area contributed by atoms with Gasteiger partial charge in [-0.3, -0.25) is 4.79 Å². The van der Waals surface area contributed by atoms with Crippen molar-refractivity contribution in [3.63, 3.8) is 0 Å². The molecule has 2 atom stereocenters. The summed E-state index contributed by atoms with van der Waals surface area (Å²) in [5.74, 6) is 0.919. The third-order valence-electron chi connectivity index (χ3n) is 4.19. The normalized spacial score (nSPS) is 30.4. The van der Waals surface area contributed by atoms with Crippen LogP contribution in [0, 0.1) is 5.92 Å². The first-order valence-electron chi connectivity index (χ1n) is 7.28. The Balaban J connectivity index is 1.73. The highest BCUT2D eigenvalue weighted by atomic mass is 16.5. The molecule has 2 aliphatic heterocycles. The highest BCUT2D eigenvalue weighted by Gasteiger charge is 2.27. The largest absolute Gasteiger partial charge is 0.368 e. The Labute approximate surface area is 110 Å². The van der Waals surface area contributed by atoms with Crippen LogP contribution in [0.2, 0.25) is 0 Å². The zero-order valence-corrected chi connectivity index (χ0v) is 11.7. The first-order valence-corrected chi connectivity index (χ1v) is 7.28. The van der Waals surface area contributed by atoms with Crippen molar-refractivity contribution in [2.75, 3.05) is 26.2 Å². The van der Waals surface area contributed by atoms with E-state index in [1.165, 1.54) is 0 Å². The summed E-state index contributed by atoms with van der Waals surface area (Å²) < 4.78 is 5.74. The molecule has 104 valence electrons. The summed E-state index contributed by atoms with van der Waals surface area (Å²) in [7, 11) is 0. The van der Waals surface area contributed by atoms with Gasteiger partial charge in [-0.15, -0.1) is 0 Å². The van der Waals surface area contributed by atoms with Crippen molar-refractivity contribution in [1.82, 2.24) is 10.2 Å². The van der Waals surface area contributed by atoms with Crippen molar-refractivity contribution < 1.29 is 9.53 Å². The van der Waals surface area contributed by atoms with Crippen LogP contribution in [0.3, 0.4) is 0 Å². The molecule has 0 bridgehead atoms. The molecular formula is C14H26N2O2. The van der Waals surface area contributed by atoms with E-state index in [1.807, 2.05) is 4.90 Å². The molecule has 1 N–H and O–H groups in total. The number of nitrogens with zero attached hydrogens (tertiary/aromatic N) is 1. The predicted molar refractivity (Wildman–Crippen MR) is 71.4 cm³/mol. The number of ether oxygens (including phenoxy) is 1. The van der Waals surface area contributed by atoms with Crippen LogP contribution in [0.15, 0.2) is 0 Å². The van der Waals surface area contributed by atoms with Crippen LogP contribution in [0.4, 0.5) is 0 Å². The van der Waals surface area contributed by atoms with Crippen LogP contribution >= 0.6 is 0 Å². The SMILES string of the molecule is CC1CCN(C(=O)COC2CCNCC2)C(C)C1. The maximum Gasteiger partial charge on any atom is 0.248 e. The minimum Gasteiger partial charge on any atom is -0.368 e. The first-order chi connectivity index (χ1) is 8.66. The van der Waals surface area contributed by atoms with Crippen molar-refractivity contribution in [2.45, 2.75) is 51.7 Å². The Bertz CT molecular complexity index is 277. The molecular weight excluding hydrogens is 228 g/mol. The molecule has 0 aromatic heterocycles. The topological polar surface area (TPSA) is 41.6 Å². The van der Waals surface area contributed by atoms with Gasteiger partial charge in [-0.25, -0.2) is 0 Å². The van der Waals surface area contributed by atoms with E-state index >= 15 is 0 Å². The van der Waals surface area contributed by atoms with Crippen molar-refractivity contribution in [3.05, 3.63) is 0 Å². The standard InChI is InChI=1S/C14H26N2O2/c1-11-5-8-16(12(2)9-11)14(17)10-18-13-3-6-15-7-4-13/h11-13,15H,3-10H2,1-2H3. The minimum atomic E-state index is 0.174. The number of amides is 1. The number of rotatable bonds is 3. The highest BCUT2D eigenvalue weighted by molar-refractivity contribution is 5.77. The van der Waals surface area contributed by atoms with Gasteiger partial charge in [0.2, 0.25) is 5.91 Å². The Morgan fingerprint density at radius 3 is 2.67 bits per heavy atom. The lowest BCUT2D eigenvalue weighted by molar-refractivity contribution is -0.142. The molecule has 2 heterocycles. The molecule has 0 radical (unpaired) electrons. The average molecular weight is 254 g/mol. The van der Waals surface area contributed by atoms with Crippen LogP contribution in [-0.2, 0) is 9.53 Å². The second-order valence-electron chi connectivity index (χ2n) is 5.83. The van der Waals surface area contributed by atoms with Crippen LogP contribution in [0.25, 0.3) is 0 Å². The van der Waals surface area contributed by atoms with Crippen LogP contribution < -0.4 is 5.32 Å². The van der Waals surface area contributed by atoms with E-state index in [-0.39, 0.29) is 18.6 Å². The Kier molecular flexibility index (Phi) is 5.01. The fourth-order valence-electron chi connectivity index (χ4n) is 3.01. The molecule has 0 saturated carbocycles. The lowest BCUT2D eigenvalue weighted by Gasteiger charge is -2.37. The van der Waals surface area contributed by atoms with E-state index in [9.17, 15) is 4.79 Å². The van der Waals surface area contributed by atoms with Gasteiger partial charge in [0.25, 0.3) is 0 Å². The van der Waals surface area contributed by atoms with Crippen LogP contribution in [0.1, 0.15) is 39.5 Å². The molecule has 0 aliphatic carbocycles. The molecule has 1 amide bonds. The van der Waals surface area contributed by atoms with E-state index in [1.54, 1.807) is 0 Å². The van der Waals surface area contributed by atoms with E-state index < -0.39 is 0 Å². The van der Waals surface area contributed by atoms with Gasteiger partial charge in [-0.05, 0) is 51.6 Å². The number of carbonyl (C=O) groups excluding carboxylic acids is 1. The molecule has 18 heavy (non-hydrogen) atoms. The minimum absolute atomic E-state index is 0.174. The number of likely N-dealkylation sites (tertiary alicyclic amines) is 1. The van der Waals surface area contributed by atoms with E-state index in [0.717, 1.165) is 51.2 Å². The molecule has 0 spiro atoms. The quantitative estimate of drug-likeness (QED) is 0.828. The zero-order valence-electron chi connectivity index (χ0n) is 11.7. The summed E-state index contributed by atoms with van der Waals surface area (Å²) in [6, 6.07) is 0.373. The molecule has 2 unspecified atom stereocenters. The summed E-state index contributed by atoms with van der Waals surface area (Å²) in [6.07, 6.45) is 4.58. The fraction of sp³-hybridized carbons (Fsp3) is 0.929. The van der Waals surface area contributed by atoms with Crippen molar-refractivity contribution in [2.24, 2.45) is 5.92 Å². The highest BCUT2D eigenvalue weighted by Crippen LogP contribution is 2.22. The second kappa shape index (κ2) is 6.53. The predicted octanol–water partition coefficient (Wildman–Crippen LogP) is 1.40. The summed E-state index contributed by atoms with van der Waals surface area (Å²) in [5.41, 5.74) is 0. The monoisotopic (exact) mass is 254 g/mol. The molecule has 4 heteroatoms. The van der Waals surface area contributed by atoms with Gasteiger partial charge < -0.3 is 15.0 Å². The Hall–Kier alpha value is -0.610. The van der Waals surface area contributed by atoms with Gasteiger partial charge in [-0.1, -0.05) is 6.92 Å². The second-order valence-corrected chi connectivity index (χ2v) is 5.83. The maximum absolute atomic E-state index is 12.1. The van der Waals surface area contributed by atoms with Crippen molar-refractivity contribution >= 4 is 5.91 Å². The lowest BCUT2D eigenvalue weighted by atomic mass is 9.93. The lowest BCUT2D eigenvalue weighted by Crippen LogP contribution is -2.46. The van der Waals surface area contributed by atoms with Crippen LogP contribution in [-0.4, -0.2) is 49.2 Å². The number of piperidine rings is 2. The summed E-state index contributed by atoms with van der Waals surface area (Å²) in [6.45, 7) is 7.61. The van der Waals surface area contributed by atoms with Crippen molar-refractivity contribution in [1.29, 1.82) is 0 Å². The van der Waals surface area contributed by atoms with Gasteiger partial charge in [0, 0.05) is 12.6 Å². The average Bonchev–Trinajstić information content (AvgIpc) is 2.37. The third kappa shape index (κ3) is 3.69. The summed E-state index contributed by atoms with van der Waals surface area (Å²) in [5, 5.41) is 3.30. The van der Waals surface area contributed by atoms with Gasteiger partial charge in [0.15, 0.2) is 0 Å². The maximum atomic E-state index is 12.1. The zero-order chi connectivity index (χ0) is 13.0. The number of hydrogen-bond donors (Lipinski definition) is 1. The smallest absolute Gasteiger partial charge is 0.248 e. The van der Waals surface area contributed by atoms with E-state index in [4.69, 9.17) is 4.74 Å². The Morgan fingerprint density at radius 2 is 2.00 bits per heavy atom. The van der Waals surface area contributed by atoms with E-state index in [2.05, 4.69) is 19.2 Å². The number of hydrogen-bond acceptors (Lipinski definition) is 3. The van der Waals surface area contributed by atoms with Gasteiger partial charge in [0.1, 0.15) is 6.61 Å². The number of nitrogens with one attached hydrogen (secondary N) is 1. The summed E-state index contributed by atoms with van der Waals surface area (Å²) >= 11 is 0. The molecule has 2 rings (SSSR count). The summed E-state index contributed by atoms with van der Waals surface area (Å²) in [4.78, 5) is 14.1. The fourth-order valence-corrected chi connectivity index (χ4v) is 3.01.